The van der Waals surface area contributed by atoms with Gasteiger partial charge in [0, 0.05) is 11.3 Å². The number of amides is 1. The molecule has 0 spiro atoms. The monoisotopic (exact) mass is 440 g/mol. The molecule has 4 rings (SSSR count). The lowest BCUT2D eigenvalue weighted by Crippen LogP contribution is -2.27. The first-order chi connectivity index (χ1) is 14.5. The Morgan fingerprint density at radius 3 is 2.70 bits per heavy atom. The normalized spacial score (nSPS) is 10.9. The molecule has 4 aromatic rings. The van der Waals surface area contributed by atoms with Gasteiger partial charge in [0.05, 0.1) is 18.5 Å². The fourth-order valence-electron chi connectivity index (χ4n) is 2.97. The zero-order valence-electron chi connectivity index (χ0n) is 16.2. The number of carbonyl (C=O) groups excluding carboxylic acids is 1. The molecule has 2 aromatic heterocycles. The summed E-state index contributed by atoms with van der Waals surface area (Å²) in [5, 5.41) is 3.09. The number of aromatic nitrogens is 3. The summed E-state index contributed by atoms with van der Waals surface area (Å²) in [5.41, 5.74) is 3.43. The van der Waals surface area contributed by atoms with E-state index in [9.17, 15) is 9.59 Å². The molecule has 152 valence electrons. The largest absolute Gasteiger partial charge is 0.495 e. The second-order valence-corrected chi connectivity index (χ2v) is 7.83. The van der Waals surface area contributed by atoms with Crippen molar-refractivity contribution in [2.24, 2.45) is 0 Å². The van der Waals surface area contributed by atoms with Crippen LogP contribution in [0.4, 0.5) is 5.69 Å². The van der Waals surface area contributed by atoms with E-state index in [-0.39, 0.29) is 18.0 Å². The Balaban J connectivity index is 1.57. The summed E-state index contributed by atoms with van der Waals surface area (Å²) < 4.78 is 11.2. The van der Waals surface area contributed by atoms with Crippen LogP contribution in [0.1, 0.15) is 5.56 Å². The lowest BCUT2D eigenvalue weighted by Gasteiger charge is -2.09. The van der Waals surface area contributed by atoms with E-state index >= 15 is 0 Å². The van der Waals surface area contributed by atoms with Crippen LogP contribution in [0.25, 0.3) is 21.5 Å². The maximum absolute atomic E-state index is 12.8. The van der Waals surface area contributed by atoms with E-state index in [0.29, 0.717) is 32.4 Å². The van der Waals surface area contributed by atoms with Crippen molar-refractivity contribution in [1.29, 1.82) is 0 Å². The minimum Gasteiger partial charge on any atom is -0.495 e. The van der Waals surface area contributed by atoms with Crippen LogP contribution in [0.5, 0.6) is 5.75 Å². The number of aryl methyl sites for hydroxylation is 1. The van der Waals surface area contributed by atoms with E-state index in [2.05, 4.69) is 14.7 Å². The quantitative estimate of drug-likeness (QED) is 0.504. The van der Waals surface area contributed by atoms with Crippen molar-refractivity contribution < 1.29 is 9.53 Å². The first kappa shape index (κ1) is 20.1. The average molecular weight is 441 g/mol. The molecule has 0 aliphatic rings. The number of benzene rings is 2. The molecule has 2 aromatic carbocycles. The number of anilines is 1. The van der Waals surface area contributed by atoms with Gasteiger partial charge in [-0.2, -0.15) is 4.37 Å². The van der Waals surface area contributed by atoms with Gasteiger partial charge in [0.1, 0.15) is 28.2 Å². The summed E-state index contributed by atoms with van der Waals surface area (Å²) in [6.07, 6.45) is 1.37. The molecule has 1 N–H and O–H groups in total. The van der Waals surface area contributed by atoms with Crippen LogP contribution in [0.3, 0.4) is 0 Å². The third-order valence-electron chi connectivity index (χ3n) is 4.52. The lowest BCUT2D eigenvalue weighted by molar-refractivity contribution is -0.116. The highest BCUT2D eigenvalue weighted by molar-refractivity contribution is 7.13. The molecule has 1 amide bonds. The molecule has 0 bridgehead atoms. The summed E-state index contributed by atoms with van der Waals surface area (Å²) in [6, 6.07) is 12.8. The van der Waals surface area contributed by atoms with Gasteiger partial charge in [0.2, 0.25) is 5.91 Å². The lowest BCUT2D eigenvalue weighted by atomic mass is 10.1. The SMILES string of the molecule is COc1ccc(NC(=O)Cn2cnc3c(-c4ccc(C)cc4)nsc3c2=O)cc1Cl. The van der Waals surface area contributed by atoms with Gasteiger partial charge in [-0.25, -0.2) is 4.98 Å². The number of carbonyl (C=O) groups is 1. The molecule has 0 radical (unpaired) electrons. The number of ether oxygens (including phenoxy) is 1. The van der Waals surface area contributed by atoms with Gasteiger partial charge in [-0.05, 0) is 36.7 Å². The second-order valence-electron chi connectivity index (χ2n) is 6.65. The summed E-state index contributed by atoms with van der Waals surface area (Å²) in [6.45, 7) is 1.83. The Hall–Kier alpha value is -3.23. The van der Waals surface area contributed by atoms with E-state index < -0.39 is 0 Å². The van der Waals surface area contributed by atoms with E-state index in [1.807, 2.05) is 31.2 Å². The highest BCUT2D eigenvalue weighted by Crippen LogP contribution is 2.28. The fraction of sp³-hybridized carbons (Fsp3) is 0.143. The average Bonchev–Trinajstić information content (AvgIpc) is 3.16. The molecular formula is C21H17ClN4O3S. The number of rotatable bonds is 5. The van der Waals surface area contributed by atoms with E-state index in [1.165, 1.54) is 18.0 Å². The smallest absolute Gasteiger partial charge is 0.273 e. The molecule has 0 saturated heterocycles. The number of nitrogens with one attached hydrogen (secondary N) is 1. The van der Waals surface area contributed by atoms with Crippen LogP contribution >= 0.6 is 23.1 Å². The van der Waals surface area contributed by atoms with Crippen molar-refractivity contribution in [2.75, 3.05) is 12.4 Å². The Morgan fingerprint density at radius 2 is 2.00 bits per heavy atom. The van der Waals surface area contributed by atoms with Gasteiger partial charge in [-0.3, -0.25) is 14.2 Å². The first-order valence-corrected chi connectivity index (χ1v) is 10.2. The molecule has 0 fully saturated rings. The zero-order chi connectivity index (χ0) is 21.3. The highest BCUT2D eigenvalue weighted by Gasteiger charge is 2.16. The van der Waals surface area contributed by atoms with Crippen LogP contribution in [0.15, 0.2) is 53.6 Å². The summed E-state index contributed by atoms with van der Waals surface area (Å²) >= 11 is 7.16. The summed E-state index contributed by atoms with van der Waals surface area (Å²) in [4.78, 5) is 29.6. The van der Waals surface area contributed by atoms with Gasteiger partial charge in [-0.15, -0.1) is 0 Å². The third kappa shape index (κ3) is 3.92. The molecule has 9 heteroatoms. The predicted molar refractivity (Wildman–Crippen MR) is 118 cm³/mol. The number of fused-ring (bicyclic) bond motifs is 1. The van der Waals surface area contributed by atoms with Gasteiger partial charge >= 0.3 is 0 Å². The number of hydrogen-bond acceptors (Lipinski definition) is 6. The molecule has 0 atom stereocenters. The molecule has 0 unspecified atom stereocenters. The maximum atomic E-state index is 12.8. The number of halogens is 1. The van der Waals surface area contributed by atoms with E-state index in [1.54, 1.807) is 18.2 Å². The van der Waals surface area contributed by atoms with Crippen molar-refractivity contribution in [3.8, 4) is 17.0 Å². The minimum absolute atomic E-state index is 0.177. The number of hydrogen-bond donors (Lipinski definition) is 1. The zero-order valence-corrected chi connectivity index (χ0v) is 17.8. The first-order valence-electron chi connectivity index (χ1n) is 9.01. The van der Waals surface area contributed by atoms with Gasteiger partial charge in [0.15, 0.2) is 0 Å². The van der Waals surface area contributed by atoms with Crippen molar-refractivity contribution in [1.82, 2.24) is 13.9 Å². The minimum atomic E-state index is -0.372. The molecule has 0 aliphatic heterocycles. The highest BCUT2D eigenvalue weighted by atomic mass is 35.5. The summed E-state index contributed by atoms with van der Waals surface area (Å²) in [7, 11) is 1.51. The van der Waals surface area contributed by atoms with Crippen LogP contribution in [-0.4, -0.2) is 26.9 Å². The van der Waals surface area contributed by atoms with E-state index in [4.69, 9.17) is 16.3 Å². The van der Waals surface area contributed by atoms with Crippen LogP contribution in [-0.2, 0) is 11.3 Å². The molecule has 2 heterocycles. The molecule has 0 aliphatic carbocycles. The Labute approximate surface area is 181 Å². The van der Waals surface area contributed by atoms with Crippen molar-refractivity contribution >= 4 is 44.9 Å². The van der Waals surface area contributed by atoms with Crippen LogP contribution < -0.4 is 15.6 Å². The molecular weight excluding hydrogens is 424 g/mol. The maximum Gasteiger partial charge on any atom is 0.273 e. The van der Waals surface area contributed by atoms with Crippen LogP contribution in [0, 0.1) is 6.92 Å². The van der Waals surface area contributed by atoms with Gasteiger partial charge in [-0.1, -0.05) is 41.4 Å². The Bertz CT molecular complexity index is 1300. The van der Waals surface area contributed by atoms with E-state index in [0.717, 1.165) is 22.7 Å². The number of methoxy groups -OCH3 is 1. The predicted octanol–water partition coefficient (Wildman–Crippen LogP) is 4.13. The van der Waals surface area contributed by atoms with Gasteiger partial charge in [0.25, 0.3) is 5.56 Å². The van der Waals surface area contributed by atoms with Crippen molar-refractivity contribution in [3.63, 3.8) is 0 Å². The number of nitrogens with zero attached hydrogens (tertiary/aromatic N) is 3. The molecule has 7 nitrogen and oxygen atoms in total. The molecule has 0 saturated carbocycles. The summed E-state index contributed by atoms with van der Waals surface area (Å²) in [5.74, 6) is 0.137. The topological polar surface area (TPSA) is 86.1 Å². The Morgan fingerprint density at radius 1 is 1.23 bits per heavy atom. The standard InChI is InChI=1S/C21H17ClN4O3S/c1-12-3-5-13(6-4-12)18-19-20(30-25-18)21(28)26(11-23-19)10-17(27)24-14-7-8-16(29-2)15(22)9-14/h3-9,11H,10H2,1-2H3,(H,24,27). The molecule has 30 heavy (non-hydrogen) atoms. The van der Waals surface area contributed by atoms with Crippen molar-refractivity contribution in [3.05, 3.63) is 69.7 Å². The third-order valence-corrected chi connectivity index (χ3v) is 5.64. The van der Waals surface area contributed by atoms with Gasteiger partial charge < -0.3 is 10.1 Å². The second kappa shape index (κ2) is 8.25. The fourth-order valence-corrected chi connectivity index (χ4v) is 4.03. The van der Waals surface area contributed by atoms with Crippen LogP contribution in [0.2, 0.25) is 5.02 Å². The Kier molecular flexibility index (Phi) is 5.52. The van der Waals surface area contributed by atoms with Crippen molar-refractivity contribution in [2.45, 2.75) is 13.5 Å².